The lowest BCUT2D eigenvalue weighted by Gasteiger charge is -2.15. The molecule has 0 aromatic heterocycles. The molecule has 20 heavy (non-hydrogen) atoms. The Kier molecular flexibility index (Phi) is 4.43. The lowest BCUT2D eigenvalue weighted by molar-refractivity contribution is -0.113. The summed E-state index contributed by atoms with van der Waals surface area (Å²) in [6.07, 6.45) is 2.03. The number of hydrogen-bond acceptors (Lipinski definition) is 2. The van der Waals surface area contributed by atoms with Crippen LogP contribution in [-0.4, -0.2) is 5.12 Å². The van der Waals surface area contributed by atoms with Gasteiger partial charge in [0.1, 0.15) is 0 Å². The highest BCUT2D eigenvalue weighted by Gasteiger charge is 2.39. The Labute approximate surface area is 126 Å². The molecule has 108 valence electrons. The van der Waals surface area contributed by atoms with Crippen LogP contribution < -0.4 is 0 Å². The van der Waals surface area contributed by atoms with E-state index in [0.29, 0.717) is 5.12 Å². The van der Waals surface area contributed by atoms with Crippen molar-refractivity contribution >= 4 is 16.9 Å². The predicted octanol–water partition coefficient (Wildman–Crippen LogP) is 5.39. The first-order chi connectivity index (χ1) is 9.28. The minimum atomic E-state index is 0.0984. The summed E-state index contributed by atoms with van der Waals surface area (Å²) in [5.41, 5.74) is 4.16. The third kappa shape index (κ3) is 3.54. The molecule has 1 unspecified atom stereocenters. The molecule has 0 heterocycles. The van der Waals surface area contributed by atoms with Gasteiger partial charge in [0.05, 0.1) is 5.92 Å². The van der Waals surface area contributed by atoms with Gasteiger partial charge in [-0.2, -0.15) is 0 Å². The summed E-state index contributed by atoms with van der Waals surface area (Å²) < 4.78 is 0. The van der Waals surface area contributed by atoms with E-state index in [9.17, 15) is 4.79 Å². The molecule has 1 aromatic carbocycles. The monoisotopic (exact) mass is 288 g/mol. The number of allylic oxidation sites excluding steroid dienone is 2. The van der Waals surface area contributed by atoms with Crippen LogP contribution in [-0.2, 0) is 4.79 Å². The van der Waals surface area contributed by atoms with Gasteiger partial charge < -0.3 is 0 Å². The zero-order valence-electron chi connectivity index (χ0n) is 13.1. The van der Waals surface area contributed by atoms with Gasteiger partial charge in [-0.1, -0.05) is 54.5 Å². The van der Waals surface area contributed by atoms with E-state index >= 15 is 0 Å². The number of aryl methyl sites for hydroxylation is 1. The van der Waals surface area contributed by atoms with Gasteiger partial charge in [0.25, 0.3) is 0 Å². The smallest absolute Gasteiger partial charge is 0.200 e. The third-order valence-corrected chi connectivity index (χ3v) is 5.01. The van der Waals surface area contributed by atoms with Gasteiger partial charge in [0.15, 0.2) is 0 Å². The molecule has 1 fully saturated rings. The first-order valence-corrected chi connectivity index (χ1v) is 8.05. The Morgan fingerprint density at radius 1 is 1.20 bits per heavy atom. The average molecular weight is 288 g/mol. The molecule has 0 aliphatic heterocycles. The second-order valence-electron chi connectivity index (χ2n) is 6.86. The lowest BCUT2D eigenvalue weighted by atomic mass is 9.91. The SMILES string of the molecule is CC(C)=C1CC(C)(C)CC1C(=O)Sc1ccc(C)cc1. The van der Waals surface area contributed by atoms with Crippen LogP contribution in [0.4, 0.5) is 0 Å². The Bertz CT molecular complexity index is 533. The van der Waals surface area contributed by atoms with Crippen molar-refractivity contribution in [2.75, 3.05) is 0 Å². The molecule has 1 nitrogen and oxygen atoms in total. The van der Waals surface area contributed by atoms with Crippen molar-refractivity contribution in [2.45, 2.75) is 52.4 Å². The fourth-order valence-corrected chi connectivity index (χ4v) is 3.80. The standard InChI is InChI=1S/C18H24OS/c1-12(2)15-10-18(4,5)11-16(15)17(19)20-14-8-6-13(3)7-9-14/h6-9,16H,10-11H2,1-5H3. The van der Waals surface area contributed by atoms with Crippen molar-refractivity contribution < 1.29 is 4.79 Å². The maximum atomic E-state index is 12.6. The summed E-state index contributed by atoms with van der Waals surface area (Å²) in [7, 11) is 0. The molecular formula is C18H24OS. The van der Waals surface area contributed by atoms with Gasteiger partial charge in [-0.05, 0) is 51.2 Å². The van der Waals surface area contributed by atoms with E-state index in [2.05, 4.69) is 46.8 Å². The normalized spacial score (nSPS) is 21.1. The van der Waals surface area contributed by atoms with Crippen molar-refractivity contribution in [3.63, 3.8) is 0 Å². The maximum absolute atomic E-state index is 12.6. The second-order valence-corrected chi connectivity index (χ2v) is 7.93. The van der Waals surface area contributed by atoms with E-state index < -0.39 is 0 Å². The number of carbonyl (C=O) groups is 1. The molecule has 2 heteroatoms. The first kappa shape index (κ1) is 15.4. The van der Waals surface area contributed by atoms with Crippen LogP contribution in [0.25, 0.3) is 0 Å². The highest BCUT2D eigenvalue weighted by Crippen LogP contribution is 2.48. The van der Waals surface area contributed by atoms with E-state index in [1.165, 1.54) is 28.5 Å². The number of carbonyl (C=O) groups excluding carboxylic acids is 1. The fraction of sp³-hybridized carbons (Fsp3) is 0.500. The van der Waals surface area contributed by atoms with Crippen molar-refractivity contribution in [2.24, 2.45) is 11.3 Å². The Hall–Kier alpha value is -1.02. The summed E-state index contributed by atoms with van der Waals surface area (Å²) in [5, 5.41) is 0.302. The minimum absolute atomic E-state index is 0.0984. The molecule has 1 aliphatic rings. The quantitative estimate of drug-likeness (QED) is 0.536. The highest BCUT2D eigenvalue weighted by atomic mass is 32.2. The molecule has 1 aromatic rings. The van der Waals surface area contributed by atoms with Crippen LogP contribution in [0.1, 0.15) is 46.1 Å². The van der Waals surface area contributed by atoms with E-state index in [4.69, 9.17) is 0 Å². The molecular weight excluding hydrogens is 264 g/mol. The molecule has 1 atom stereocenters. The van der Waals surface area contributed by atoms with Crippen LogP contribution in [0.3, 0.4) is 0 Å². The average Bonchev–Trinajstić information content (AvgIpc) is 2.69. The molecule has 0 radical (unpaired) electrons. The van der Waals surface area contributed by atoms with Crippen LogP contribution in [0, 0.1) is 18.3 Å². The van der Waals surface area contributed by atoms with Gasteiger partial charge in [0, 0.05) is 4.90 Å². The summed E-state index contributed by atoms with van der Waals surface area (Å²) in [4.78, 5) is 13.7. The Morgan fingerprint density at radius 2 is 1.80 bits per heavy atom. The summed E-state index contributed by atoms with van der Waals surface area (Å²) >= 11 is 1.40. The van der Waals surface area contributed by atoms with E-state index in [0.717, 1.165) is 17.7 Å². The molecule has 0 spiro atoms. The van der Waals surface area contributed by atoms with Crippen LogP contribution in [0.5, 0.6) is 0 Å². The van der Waals surface area contributed by atoms with Crippen molar-refractivity contribution in [1.82, 2.24) is 0 Å². The molecule has 0 N–H and O–H groups in total. The third-order valence-electron chi connectivity index (χ3n) is 4.01. The van der Waals surface area contributed by atoms with Gasteiger partial charge in [0.2, 0.25) is 5.12 Å². The molecule has 2 rings (SSSR count). The van der Waals surface area contributed by atoms with Gasteiger partial charge in [-0.15, -0.1) is 0 Å². The number of thioether (sulfide) groups is 1. The number of rotatable bonds is 2. The number of benzene rings is 1. The summed E-state index contributed by atoms with van der Waals surface area (Å²) in [6, 6.07) is 8.21. The largest absolute Gasteiger partial charge is 0.286 e. The van der Waals surface area contributed by atoms with Crippen molar-refractivity contribution in [3.8, 4) is 0 Å². The molecule has 0 bridgehead atoms. The molecule has 1 saturated carbocycles. The van der Waals surface area contributed by atoms with Crippen molar-refractivity contribution in [3.05, 3.63) is 41.0 Å². The summed E-state index contributed by atoms with van der Waals surface area (Å²) in [6.45, 7) is 10.9. The Balaban J connectivity index is 2.16. The Morgan fingerprint density at radius 3 is 2.35 bits per heavy atom. The highest BCUT2D eigenvalue weighted by molar-refractivity contribution is 8.13. The van der Waals surface area contributed by atoms with Gasteiger partial charge in [-0.25, -0.2) is 0 Å². The van der Waals surface area contributed by atoms with Crippen molar-refractivity contribution in [1.29, 1.82) is 0 Å². The fourth-order valence-electron chi connectivity index (χ4n) is 2.93. The zero-order chi connectivity index (χ0) is 14.9. The topological polar surface area (TPSA) is 17.1 Å². The molecule has 0 saturated heterocycles. The van der Waals surface area contributed by atoms with Crippen LogP contribution >= 0.6 is 11.8 Å². The summed E-state index contributed by atoms with van der Waals surface area (Å²) in [5.74, 6) is 0.0984. The zero-order valence-corrected chi connectivity index (χ0v) is 13.9. The van der Waals surface area contributed by atoms with E-state index in [-0.39, 0.29) is 11.3 Å². The predicted molar refractivity (Wildman–Crippen MR) is 86.9 cm³/mol. The van der Waals surface area contributed by atoms with E-state index in [1.807, 2.05) is 12.1 Å². The molecule has 0 amide bonds. The lowest BCUT2D eigenvalue weighted by Crippen LogP contribution is -2.11. The van der Waals surface area contributed by atoms with Crippen LogP contribution in [0.2, 0.25) is 0 Å². The maximum Gasteiger partial charge on any atom is 0.200 e. The minimum Gasteiger partial charge on any atom is -0.286 e. The number of hydrogen-bond donors (Lipinski definition) is 0. The van der Waals surface area contributed by atoms with E-state index in [1.54, 1.807) is 0 Å². The van der Waals surface area contributed by atoms with Gasteiger partial charge >= 0.3 is 0 Å². The van der Waals surface area contributed by atoms with Crippen LogP contribution in [0.15, 0.2) is 40.3 Å². The van der Waals surface area contributed by atoms with Gasteiger partial charge in [-0.3, -0.25) is 4.79 Å². The molecule has 1 aliphatic carbocycles. The first-order valence-electron chi connectivity index (χ1n) is 7.23. The second kappa shape index (κ2) is 5.77.